The van der Waals surface area contributed by atoms with Gasteiger partial charge < -0.3 is 19.1 Å². The predicted octanol–water partition coefficient (Wildman–Crippen LogP) is 1.21. The van der Waals surface area contributed by atoms with E-state index in [1.807, 2.05) is 25.3 Å². The van der Waals surface area contributed by atoms with E-state index in [-0.39, 0.29) is 11.7 Å². The highest BCUT2D eigenvalue weighted by molar-refractivity contribution is 5.75. The first kappa shape index (κ1) is 21.2. The number of rotatable bonds is 3. The number of carbonyl (C=O) groups excluding carboxylic acids is 1. The number of fused-ring (bicyclic) bond motifs is 1. The molecule has 2 aliphatic rings. The van der Waals surface area contributed by atoms with E-state index in [0.717, 1.165) is 17.4 Å². The Kier molecular flexibility index (Phi) is 5.18. The van der Waals surface area contributed by atoms with Gasteiger partial charge in [0.15, 0.2) is 11.2 Å². The van der Waals surface area contributed by atoms with Crippen LogP contribution in [0.15, 0.2) is 21.2 Å². The smallest absolute Gasteiger partial charge is 0.410 e. The van der Waals surface area contributed by atoms with Crippen LogP contribution in [0.4, 0.5) is 10.7 Å². The SMILES string of the molecule is Cn1c(=O)c2c(nc(N3CCN(C(=O)OC(C)(C)C)CC3)n2CC=C2CC2)n(C)c1=O. The molecule has 2 aromatic rings. The second-order valence-electron chi connectivity index (χ2n) is 9.22. The summed E-state index contributed by atoms with van der Waals surface area (Å²) in [5.41, 5.74) is 0.883. The normalized spacial score (nSPS) is 16.7. The van der Waals surface area contributed by atoms with Gasteiger partial charge in [-0.25, -0.2) is 9.59 Å². The summed E-state index contributed by atoms with van der Waals surface area (Å²) in [4.78, 5) is 46.2. The maximum absolute atomic E-state index is 12.9. The molecule has 1 saturated heterocycles. The number of anilines is 1. The summed E-state index contributed by atoms with van der Waals surface area (Å²) in [6, 6.07) is 0. The van der Waals surface area contributed by atoms with Crippen molar-refractivity contribution in [2.45, 2.75) is 45.8 Å². The van der Waals surface area contributed by atoms with Crippen LogP contribution < -0.4 is 16.1 Å². The molecule has 0 aromatic carbocycles. The lowest BCUT2D eigenvalue weighted by molar-refractivity contribution is 0.0240. The van der Waals surface area contributed by atoms with Gasteiger partial charge in [0.1, 0.15) is 5.60 Å². The number of carbonyl (C=O) groups is 1. The quantitative estimate of drug-likeness (QED) is 0.680. The number of aryl methyl sites for hydroxylation is 1. The van der Waals surface area contributed by atoms with Crippen LogP contribution in [0.5, 0.6) is 0 Å². The number of piperazine rings is 1. The maximum atomic E-state index is 12.9. The molecule has 10 nitrogen and oxygen atoms in total. The zero-order valence-electron chi connectivity index (χ0n) is 18.8. The number of imidazole rings is 1. The van der Waals surface area contributed by atoms with Crippen molar-refractivity contribution in [1.29, 1.82) is 0 Å². The van der Waals surface area contributed by atoms with Crippen molar-refractivity contribution >= 4 is 23.2 Å². The van der Waals surface area contributed by atoms with E-state index in [4.69, 9.17) is 9.72 Å². The Morgan fingerprint density at radius 2 is 1.71 bits per heavy atom. The molecule has 1 aliphatic carbocycles. The molecule has 10 heteroatoms. The Balaban J connectivity index is 1.67. The van der Waals surface area contributed by atoms with Gasteiger partial charge in [-0.1, -0.05) is 11.6 Å². The first-order chi connectivity index (χ1) is 14.6. The van der Waals surface area contributed by atoms with Gasteiger partial charge in [0, 0.05) is 46.8 Å². The van der Waals surface area contributed by atoms with Crippen LogP contribution in [0.2, 0.25) is 0 Å². The standard InChI is InChI=1S/C21H30N6O4/c1-21(2,3)31-20(30)26-12-10-25(11-13-26)18-22-16-15(27(18)9-8-14-6-7-14)17(28)24(5)19(29)23(16)4/h8H,6-7,9-13H2,1-5H3. The van der Waals surface area contributed by atoms with E-state index < -0.39 is 11.3 Å². The molecular formula is C21H30N6O4. The highest BCUT2D eigenvalue weighted by Gasteiger charge is 2.29. The number of nitrogens with zero attached hydrogens (tertiary/aromatic N) is 6. The summed E-state index contributed by atoms with van der Waals surface area (Å²) in [6.45, 7) is 8.20. The van der Waals surface area contributed by atoms with Gasteiger partial charge in [0.2, 0.25) is 5.95 Å². The van der Waals surface area contributed by atoms with E-state index >= 15 is 0 Å². The van der Waals surface area contributed by atoms with Crippen LogP contribution in [0, 0.1) is 0 Å². The second-order valence-corrected chi connectivity index (χ2v) is 9.22. The Hall–Kier alpha value is -3.04. The Morgan fingerprint density at radius 1 is 1.06 bits per heavy atom. The van der Waals surface area contributed by atoms with Crippen LogP contribution in [0.25, 0.3) is 11.2 Å². The van der Waals surface area contributed by atoms with E-state index in [2.05, 4.69) is 11.0 Å². The largest absolute Gasteiger partial charge is 0.444 e. The van der Waals surface area contributed by atoms with Crippen molar-refractivity contribution in [1.82, 2.24) is 23.6 Å². The number of amides is 1. The summed E-state index contributed by atoms with van der Waals surface area (Å²) < 4.78 is 9.91. The first-order valence-corrected chi connectivity index (χ1v) is 10.6. The molecule has 0 radical (unpaired) electrons. The number of hydrogen-bond acceptors (Lipinski definition) is 6. The van der Waals surface area contributed by atoms with Crippen molar-refractivity contribution in [3.63, 3.8) is 0 Å². The number of ether oxygens (including phenoxy) is 1. The van der Waals surface area contributed by atoms with Crippen LogP contribution in [0.1, 0.15) is 33.6 Å². The molecule has 0 unspecified atom stereocenters. The van der Waals surface area contributed by atoms with Crippen molar-refractivity contribution in [2.75, 3.05) is 31.1 Å². The average Bonchev–Trinajstić information content (AvgIpc) is 3.46. The van der Waals surface area contributed by atoms with E-state index in [1.165, 1.54) is 17.2 Å². The fourth-order valence-corrected chi connectivity index (χ4v) is 3.76. The monoisotopic (exact) mass is 430 g/mol. The zero-order chi connectivity index (χ0) is 22.5. The second kappa shape index (κ2) is 7.58. The molecule has 1 amide bonds. The van der Waals surface area contributed by atoms with Gasteiger partial charge in [-0.15, -0.1) is 0 Å². The molecule has 0 bridgehead atoms. The van der Waals surface area contributed by atoms with Gasteiger partial charge in [-0.3, -0.25) is 13.9 Å². The molecule has 2 aromatic heterocycles. The summed E-state index contributed by atoms with van der Waals surface area (Å²) >= 11 is 0. The molecule has 0 atom stereocenters. The van der Waals surface area contributed by atoms with Crippen molar-refractivity contribution in [3.05, 3.63) is 32.5 Å². The lowest BCUT2D eigenvalue weighted by Gasteiger charge is -2.36. The number of hydrogen-bond donors (Lipinski definition) is 0. The molecule has 0 N–H and O–H groups in total. The molecule has 1 aliphatic heterocycles. The predicted molar refractivity (Wildman–Crippen MR) is 118 cm³/mol. The maximum Gasteiger partial charge on any atom is 0.410 e. The molecule has 168 valence electrons. The van der Waals surface area contributed by atoms with Gasteiger partial charge >= 0.3 is 11.8 Å². The minimum absolute atomic E-state index is 0.324. The minimum Gasteiger partial charge on any atom is -0.444 e. The fourth-order valence-electron chi connectivity index (χ4n) is 3.76. The highest BCUT2D eigenvalue weighted by atomic mass is 16.6. The van der Waals surface area contributed by atoms with Crippen LogP contribution in [0.3, 0.4) is 0 Å². The lowest BCUT2D eigenvalue weighted by atomic mass is 10.2. The third-order valence-corrected chi connectivity index (χ3v) is 5.64. The summed E-state index contributed by atoms with van der Waals surface area (Å²) in [5.74, 6) is 0.648. The molecule has 2 fully saturated rings. The van der Waals surface area contributed by atoms with Gasteiger partial charge in [0.05, 0.1) is 0 Å². The van der Waals surface area contributed by atoms with E-state index in [9.17, 15) is 14.4 Å². The Morgan fingerprint density at radius 3 is 2.29 bits per heavy atom. The van der Waals surface area contributed by atoms with Gasteiger partial charge in [-0.2, -0.15) is 4.98 Å². The van der Waals surface area contributed by atoms with Crippen molar-refractivity contribution in [2.24, 2.45) is 14.1 Å². The molecule has 31 heavy (non-hydrogen) atoms. The van der Waals surface area contributed by atoms with Crippen LogP contribution in [-0.2, 0) is 25.4 Å². The van der Waals surface area contributed by atoms with Crippen molar-refractivity contribution < 1.29 is 9.53 Å². The molecule has 0 spiro atoms. The molecule has 4 rings (SSSR count). The summed E-state index contributed by atoms with van der Waals surface area (Å²) in [5, 5.41) is 0. The lowest BCUT2D eigenvalue weighted by Crippen LogP contribution is -2.50. The highest BCUT2D eigenvalue weighted by Crippen LogP contribution is 2.29. The van der Waals surface area contributed by atoms with Gasteiger partial charge in [-0.05, 0) is 33.6 Å². The van der Waals surface area contributed by atoms with Crippen molar-refractivity contribution in [3.8, 4) is 0 Å². The Labute approximate surface area is 180 Å². The topological polar surface area (TPSA) is 94.6 Å². The first-order valence-electron chi connectivity index (χ1n) is 10.6. The van der Waals surface area contributed by atoms with E-state index in [0.29, 0.717) is 49.8 Å². The van der Waals surface area contributed by atoms with Gasteiger partial charge in [0.25, 0.3) is 5.56 Å². The van der Waals surface area contributed by atoms with Crippen LogP contribution >= 0.6 is 0 Å². The Bertz CT molecular complexity index is 1170. The molecule has 1 saturated carbocycles. The minimum atomic E-state index is -0.538. The summed E-state index contributed by atoms with van der Waals surface area (Å²) in [7, 11) is 3.12. The third kappa shape index (κ3) is 4.11. The number of aromatic nitrogens is 4. The zero-order valence-corrected chi connectivity index (χ0v) is 18.8. The number of allylic oxidation sites excluding steroid dienone is 2. The average molecular weight is 431 g/mol. The van der Waals surface area contributed by atoms with Crippen LogP contribution in [-0.4, -0.2) is 61.5 Å². The summed E-state index contributed by atoms with van der Waals surface area (Å²) in [6.07, 6.45) is 3.99. The van der Waals surface area contributed by atoms with E-state index in [1.54, 1.807) is 11.9 Å². The third-order valence-electron chi connectivity index (χ3n) is 5.64. The molecular weight excluding hydrogens is 400 g/mol. The fraction of sp³-hybridized carbons (Fsp3) is 0.619. The molecule has 3 heterocycles.